The van der Waals surface area contributed by atoms with Gasteiger partial charge in [0, 0.05) is 34.3 Å². The molecule has 41 heavy (non-hydrogen) atoms. The topological polar surface area (TPSA) is 107 Å². The third-order valence-corrected chi connectivity index (χ3v) is 6.39. The van der Waals surface area contributed by atoms with E-state index in [1.807, 2.05) is 60.7 Å². The summed E-state index contributed by atoms with van der Waals surface area (Å²) in [6, 6.07) is 19.7. The third-order valence-electron chi connectivity index (χ3n) is 5.16. The summed E-state index contributed by atoms with van der Waals surface area (Å²) in [6.45, 7) is 0.471. The fourth-order valence-electron chi connectivity index (χ4n) is 3.40. The molecule has 212 valence electrons. The van der Waals surface area contributed by atoms with E-state index in [2.05, 4.69) is 77.7 Å². The first-order valence-electron chi connectivity index (χ1n) is 11.5. The number of halogens is 3. The Morgan fingerprint density at radius 2 is 1.02 bits per heavy atom. The zero-order valence-corrected chi connectivity index (χ0v) is 25.1. The Balaban J connectivity index is 0.000000230. The summed E-state index contributed by atoms with van der Waals surface area (Å²) in [5.74, 6) is 0.496. The van der Waals surface area contributed by atoms with Crippen LogP contribution in [0.3, 0.4) is 0 Å². The fraction of sp³-hybridized carbons (Fsp3) is 0.133. The van der Waals surface area contributed by atoms with E-state index in [1.165, 1.54) is 0 Å². The predicted molar refractivity (Wildman–Crippen MR) is 174 cm³/mol. The Bertz CT molecular complexity index is 1610. The molecule has 0 aliphatic rings. The van der Waals surface area contributed by atoms with Gasteiger partial charge >= 0.3 is 0 Å². The molecule has 0 saturated heterocycles. The minimum absolute atomic E-state index is 0. The lowest BCUT2D eigenvalue weighted by Gasteiger charge is -2.07. The molecule has 0 fully saturated rings. The van der Waals surface area contributed by atoms with Gasteiger partial charge in [0.05, 0.1) is 42.4 Å². The molecule has 4 heterocycles. The highest BCUT2D eigenvalue weighted by Crippen LogP contribution is 2.18. The van der Waals surface area contributed by atoms with E-state index < -0.39 is 0 Å². The maximum absolute atomic E-state index is 9.00. The van der Waals surface area contributed by atoms with Crippen molar-refractivity contribution in [3.8, 4) is 5.88 Å². The van der Waals surface area contributed by atoms with Crippen LogP contribution in [0.15, 0.2) is 112 Å². The molecule has 0 spiro atoms. The zero-order chi connectivity index (χ0) is 27.5. The van der Waals surface area contributed by atoms with Crippen molar-refractivity contribution in [3.63, 3.8) is 0 Å². The van der Waals surface area contributed by atoms with Crippen molar-refractivity contribution in [2.45, 2.75) is 28.1 Å². The number of fused-ring (bicyclic) bond motifs is 2. The van der Waals surface area contributed by atoms with Crippen molar-refractivity contribution in [2.24, 2.45) is 0 Å². The average Bonchev–Trinajstić information content (AvgIpc) is 2.99. The molecule has 0 radical (unpaired) electrons. The van der Waals surface area contributed by atoms with Crippen molar-refractivity contribution in [2.75, 3.05) is 0 Å². The van der Waals surface area contributed by atoms with Crippen LogP contribution in [0.2, 0.25) is 0 Å². The minimum atomic E-state index is 0. The molecule has 0 bridgehead atoms. The zero-order valence-electron chi connectivity index (χ0n) is 20.3. The van der Waals surface area contributed by atoms with Crippen molar-refractivity contribution in [3.05, 3.63) is 123 Å². The van der Waals surface area contributed by atoms with Gasteiger partial charge in [0.2, 0.25) is 5.88 Å². The van der Waals surface area contributed by atoms with E-state index in [0.717, 1.165) is 42.1 Å². The highest BCUT2D eigenvalue weighted by molar-refractivity contribution is 9.11. The van der Waals surface area contributed by atoms with Crippen LogP contribution in [0.5, 0.6) is 5.88 Å². The summed E-state index contributed by atoms with van der Waals surface area (Å²) >= 11 is 9.54. The smallest absolute Gasteiger partial charge is 0.232 e. The second kappa shape index (κ2) is 17.4. The van der Waals surface area contributed by atoms with E-state index >= 15 is 0 Å². The summed E-state index contributed by atoms with van der Waals surface area (Å²) in [7, 11) is 0. The molecule has 0 saturated carbocycles. The van der Waals surface area contributed by atoms with Gasteiger partial charge in [-0.1, -0.05) is 63.4 Å². The molecule has 8 nitrogen and oxygen atoms in total. The molecule has 0 aliphatic heterocycles. The number of ether oxygens (including phenoxy) is 1. The molecule has 0 atom stereocenters. The average molecular weight is 745 g/mol. The van der Waals surface area contributed by atoms with Crippen LogP contribution in [0.1, 0.15) is 26.0 Å². The van der Waals surface area contributed by atoms with E-state index in [9.17, 15) is 0 Å². The van der Waals surface area contributed by atoms with Crippen LogP contribution in [0.4, 0.5) is 0 Å². The Morgan fingerprint density at radius 3 is 1.51 bits per heavy atom. The predicted octanol–water partition coefficient (Wildman–Crippen LogP) is 8.37. The summed E-state index contributed by atoms with van der Waals surface area (Å²) in [6.07, 6.45) is 9.97. The first-order chi connectivity index (χ1) is 19.0. The summed E-state index contributed by atoms with van der Waals surface area (Å²) in [5.41, 5.74) is 3.76. The standard InChI is InChI=1S/C14H10BrN3O.C10H9NO.C4H2Br2N2.2CH4/c15-12-7-18-13(8-17-12)19-9-11-4-1-3-10-5-2-6-16-14(10)11;12-7-9-4-1-3-8-5-2-6-11-10(8)9;5-3-1-7-4(6)2-8-3;;/h1-8H,9H2;1-6,12H,7H2;1-2H;2*1H4. The molecule has 6 rings (SSSR count). The number of hydrogen-bond donors (Lipinski definition) is 1. The number of benzene rings is 2. The lowest BCUT2D eigenvalue weighted by Crippen LogP contribution is -1.99. The second-order valence-corrected chi connectivity index (χ2v) is 10.2. The number of aliphatic hydroxyl groups is 1. The van der Waals surface area contributed by atoms with Gasteiger partial charge in [-0.05, 0) is 59.9 Å². The van der Waals surface area contributed by atoms with Gasteiger partial charge in [-0.3, -0.25) is 9.97 Å². The molecule has 1 N–H and O–H groups in total. The Labute approximate surface area is 264 Å². The highest BCUT2D eigenvalue weighted by Gasteiger charge is 2.04. The van der Waals surface area contributed by atoms with E-state index in [4.69, 9.17) is 9.84 Å². The molecule has 11 heteroatoms. The number of rotatable bonds is 4. The second-order valence-electron chi connectivity index (χ2n) is 7.77. The molecular formula is C30H29Br3N6O2. The Kier molecular flexibility index (Phi) is 14.4. The van der Waals surface area contributed by atoms with Gasteiger partial charge in [0.25, 0.3) is 0 Å². The van der Waals surface area contributed by atoms with Crippen LogP contribution in [0, 0.1) is 0 Å². The van der Waals surface area contributed by atoms with Crippen LogP contribution in [0.25, 0.3) is 21.8 Å². The number of hydrogen-bond acceptors (Lipinski definition) is 8. The highest BCUT2D eigenvalue weighted by atomic mass is 79.9. The van der Waals surface area contributed by atoms with Crippen molar-refractivity contribution >= 4 is 69.6 Å². The molecule has 2 aromatic carbocycles. The lowest BCUT2D eigenvalue weighted by molar-refractivity contribution is 0.283. The third kappa shape index (κ3) is 10.2. The van der Waals surface area contributed by atoms with Gasteiger partial charge < -0.3 is 9.84 Å². The molecule has 6 aromatic rings. The van der Waals surface area contributed by atoms with Gasteiger partial charge in [-0.2, -0.15) is 0 Å². The van der Waals surface area contributed by atoms with Crippen LogP contribution in [-0.4, -0.2) is 35.0 Å². The summed E-state index contributed by atoms with van der Waals surface area (Å²) in [5, 5.41) is 11.2. The summed E-state index contributed by atoms with van der Waals surface area (Å²) in [4.78, 5) is 24.5. The van der Waals surface area contributed by atoms with Crippen LogP contribution >= 0.6 is 47.8 Å². The maximum Gasteiger partial charge on any atom is 0.232 e. The first-order valence-corrected chi connectivity index (χ1v) is 13.9. The van der Waals surface area contributed by atoms with E-state index in [-0.39, 0.29) is 21.5 Å². The van der Waals surface area contributed by atoms with E-state index in [1.54, 1.807) is 37.2 Å². The van der Waals surface area contributed by atoms with Crippen molar-refractivity contribution < 1.29 is 9.84 Å². The normalized spacial score (nSPS) is 9.76. The number of pyridine rings is 2. The molecular weight excluding hydrogens is 716 g/mol. The number of para-hydroxylation sites is 2. The van der Waals surface area contributed by atoms with Crippen molar-refractivity contribution in [1.82, 2.24) is 29.9 Å². The van der Waals surface area contributed by atoms with Gasteiger partial charge in [0.15, 0.2) is 0 Å². The van der Waals surface area contributed by atoms with Crippen LogP contribution in [-0.2, 0) is 13.2 Å². The number of aliphatic hydroxyl groups excluding tert-OH is 1. The monoisotopic (exact) mass is 742 g/mol. The SMILES string of the molecule is Brc1cnc(Br)cn1.Brc1cnc(OCc2cccc3cccnc23)cn1.C.C.OCc1cccc2cccnc12. The van der Waals surface area contributed by atoms with E-state index in [0.29, 0.717) is 17.1 Å². The van der Waals surface area contributed by atoms with Gasteiger partial charge in [0.1, 0.15) is 20.4 Å². The molecule has 4 aromatic heterocycles. The van der Waals surface area contributed by atoms with Crippen LogP contribution < -0.4 is 4.74 Å². The van der Waals surface area contributed by atoms with Gasteiger partial charge in [-0.25, -0.2) is 19.9 Å². The quantitative estimate of drug-likeness (QED) is 0.192. The minimum Gasteiger partial charge on any atom is -0.472 e. The Morgan fingerprint density at radius 1 is 0.561 bits per heavy atom. The number of nitrogens with zero attached hydrogens (tertiary/aromatic N) is 6. The first kappa shape index (κ1) is 33.8. The lowest BCUT2D eigenvalue weighted by atomic mass is 10.1. The van der Waals surface area contributed by atoms with Gasteiger partial charge in [-0.15, -0.1) is 0 Å². The summed E-state index contributed by atoms with van der Waals surface area (Å²) < 4.78 is 7.81. The molecule has 0 unspecified atom stereocenters. The maximum atomic E-state index is 9.00. The number of aromatic nitrogens is 6. The molecule has 0 aliphatic carbocycles. The molecule has 0 amide bonds. The largest absolute Gasteiger partial charge is 0.472 e. The Hall–Kier alpha value is -3.38. The fourth-order valence-corrected chi connectivity index (χ4v) is 4.02. The van der Waals surface area contributed by atoms with Crippen molar-refractivity contribution in [1.29, 1.82) is 0 Å².